The molecule has 3 rings (SSSR count). The van der Waals surface area contributed by atoms with E-state index in [-0.39, 0.29) is 30.0 Å². The number of guanidine groups is 1. The first-order chi connectivity index (χ1) is 15.6. The molecule has 0 amide bonds. The number of aryl methyl sites for hydroxylation is 1. The van der Waals surface area contributed by atoms with E-state index in [1.165, 1.54) is 22.3 Å². The lowest BCUT2D eigenvalue weighted by Gasteiger charge is -2.27. The number of rotatable bonds is 9. The summed E-state index contributed by atoms with van der Waals surface area (Å²) in [7, 11) is 4.25. The number of nitrogens with one attached hydrogen (secondary N) is 2. The van der Waals surface area contributed by atoms with Gasteiger partial charge >= 0.3 is 0 Å². The lowest BCUT2D eigenvalue weighted by atomic mass is 10.0. The fourth-order valence-corrected chi connectivity index (χ4v) is 3.95. The maximum absolute atomic E-state index is 5.49. The van der Waals surface area contributed by atoms with E-state index in [1.807, 2.05) is 0 Å². The Kier molecular flexibility index (Phi) is 12.2. The molecule has 7 heteroatoms. The van der Waals surface area contributed by atoms with Gasteiger partial charge in [0.25, 0.3) is 0 Å². The molecule has 0 bridgehead atoms. The molecule has 2 N–H and O–H groups in total. The number of likely N-dealkylation sites (N-methyl/N-ethyl adjacent to an activating group) is 1. The largest absolute Gasteiger partial charge is 0.379 e. The molecule has 1 aliphatic heterocycles. The zero-order valence-corrected chi connectivity index (χ0v) is 22.8. The predicted octanol–water partition coefficient (Wildman–Crippen LogP) is 3.80. The van der Waals surface area contributed by atoms with Gasteiger partial charge in [-0.3, -0.25) is 4.90 Å². The summed E-state index contributed by atoms with van der Waals surface area (Å²) in [5.41, 5.74) is 5.21. The van der Waals surface area contributed by atoms with Crippen molar-refractivity contribution in [1.82, 2.24) is 20.4 Å². The van der Waals surface area contributed by atoms with Gasteiger partial charge in [0.15, 0.2) is 5.96 Å². The topological polar surface area (TPSA) is 52.1 Å². The summed E-state index contributed by atoms with van der Waals surface area (Å²) < 4.78 is 5.49. The minimum Gasteiger partial charge on any atom is -0.379 e. The van der Waals surface area contributed by atoms with Gasteiger partial charge in [-0.05, 0) is 44.6 Å². The Bertz CT molecular complexity index is 850. The second kappa shape index (κ2) is 14.6. The van der Waals surface area contributed by atoms with Gasteiger partial charge in [-0.1, -0.05) is 54.1 Å². The Morgan fingerprint density at radius 1 is 1.03 bits per heavy atom. The van der Waals surface area contributed by atoms with E-state index in [2.05, 4.69) is 96.9 Å². The maximum Gasteiger partial charge on any atom is 0.191 e. The molecule has 33 heavy (non-hydrogen) atoms. The molecule has 1 heterocycles. The quantitative estimate of drug-likeness (QED) is 0.275. The standard InChI is InChI=1S/C26H39N5O.HI/c1-5-27-26(29-19-25(30(3)4)22-12-10-21(2)11-13-22)28-18-23-8-6-7-9-24(23)20-31-14-16-32-17-15-31;/h6-13,25H,5,14-20H2,1-4H3,(H2,27,28,29);1H. The highest BCUT2D eigenvalue weighted by molar-refractivity contribution is 14.0. The monoisotopic (exact) mass is 565 g/mol. The number of aliphatic imine (C=N–C) groups is 1. The first-order valence-electron chi connectivity index (χ1n) is 11.7. The third kappa shape index (κ3) is 8.88. The number of halogens is 1. The van der Waals surface area contributed by atoms with Gasteiger partial charge in [-0.2, -0.15) is 0 Å². The smallest absolute Gasteiger partial charge is 0.191 e. The van der Waals surface area contributed by atoms with Crippen molar-refractivity contribution in [1.29, 1.82) is 0 Å². The summed E-state index contributed by atoms with van der Waals surface area (Å²) >= 11 is 0. The highest BCUT2D eigenvalue weighted by Crippen LogP contribution is 2.18. The van der Waals surface area contributed by atoms with Gasteiger partial charge in [0.05, 0.1) is 25.8 Å². The molecule has 2 aromatic carbocycles. The van der Waals surface area contributed by atoms with Crippen LogP contribution in [0.4, 0.5) is 0 Å². The van der Waals surface area contributed by atoms with Crippen LogP contribution in [-0.4, -0.2) is 69.2 Å². The van der Waals surface area contributed by atoms with E-state index in [1.54, 1.807) is 0 Å². The minimum atomic E-state index is 0. The lowest BCUT2D eigenvalue weighted by Crippen LogP contribution is -2.41. The number of benzene rings is 2. The molecule has 1 saturated heterocycles. The van der Waals surface area contributed by atoms with E-state index in [9.17, 15) is 0 Å². The van der Waals surface area contributed by atoms with Crippen LogP contribution in [0.3, 0.4) is 0 Å². The zero-order chi connectivity index (χ0) is 22.8. The van der Waals surface area contributed by atoms with Crippen LogP contribution < -0.4 is 10.6 Å². The molecule has 1 atom stereocenters. The lowest BCUT2D eigenvalue weighted by molar-refractivity contribution is 0.0341. The number of ether oxygens (including phenoxy) is 1. The summed E-state index contributed by atoms with van der Waals surface area (Å²) in [6.45, 7) is 11.1. The second-order valence-electron chi connectivity index (χ2n) is 8.62. The van der Waals surface area contributed by atoms with Crippen molar-refractivity contribution in [2.24, 2.45) is 4.99 Å². The van der Waals surface area contributed by atoms with Crippen molar-refractivity contribution in [2.75, 3.05) is 53.5 Å². The molecule has 1 fully saturated rings. The van der Waals surface area contributed by atoms with Crippen molar-refractivity contribution in [3.8, 4) is 0 Å². The van der Waals surface area contributed by atoms with E-state index in [0.717, 1.165) is 51.9 Å². The van der Waals surface area contributed by atoms with E-state index < -0.39 is 0 Å². The summed E-state index contributed by atoms with van der Waals surface area (Å²) in [5, 5.41) is 6.96. The third-order valence-corrected chi connectivity index (χ3v) is 5.92. The third-order valence-electron chi connectivity index (χ3n) is 5.92. The highest BCUT2D eigenvalue weighted by atomic mass is 127. The van der Waals surface area contributed by atoms with Crippen LogP contribution in [0.15, 0.2) is 53.5 Å². The van der Waals surface area contributed by atoms with Gasteiger partial charge in [-0.15, -0.1) is 24.0 Å². The van der Waals surface area contributed by atoms with Crippen LogP contribution in [0.25, 0.3) is 0 Å². The average Bonchev–Trinajstić information content (AvgIpc) is 2.80. The summed E-state index contributed by atoms with van der Waals surface area (Å²) in [6, 6.07) is 17.7. The van der Waals surface area contributed by atoms with Crippen LogP contribution >= 0.6 is 24.0 Å². The fraction of sp³-hybridized carbons (Fsp3) is 0.500. The summed E-state index contributed by atoms with van der Waals surface area (Å²) in [5.74, 6) is 0.854. The molecular weight excluding hydrogens is 525 g/mol. The SMILES string of the molecule is CCNC(=NCc1ccccc1CN1CCOCC1)NCC(c1ccc(C)cc1)N(C)C.I. The van der Waals surface area contributed by atoms with Crippen LogP contribution in [0.2, 0.25) is 0 Å². The molecule has 0 radical (unpaired) electrons. The van der Waals surface area contributed by atoms with E-state index >= 15 is 0 Å². The summed E-state index contributed by atoms with van der Waals surface area (Å²) in [4.78, 5) is 9.62. The van der Waals surface area contributed by atoms with Crippen molar-refractivity contribution in [3.05, 3.63) is 70.8 Å². The van der Waals surface area contributed by atoms with Crippen LogP contribution in [0.1, 0.15) is 35.2 Å². The van der Waals surface area contributed by atoms with Crippen LogP contribution in [0.5, 0.6) is 0 Å². The summed E-state index contributed by atoms with van der Waals surface area (Å²) in [6.07, 6.45) is 0. The molecule has 0 spiro atoms. The Labute approximate surface area is 216 Å². The molecule has 0 saturated carbocycles. The Morgan fingerprint density at radius 3 is 2.33 bits per heavy atom. The molecule has 0 aliphatic carbocycles. The Balaban J connectivity index is 0.00000385. The van der Waals surface area contributed by atoms with Gasteiger partial charge < -0.3 is 20.3 Å². The van der Waals surface area contributed by atoms with Gasteiger partial charge in [-0.25, -0.2) is 4.99 Å². The number of nitrogens with zero attached hydrogens (tertiary/aromatic N) is 3. The number of hydrogen-bond donors (Lipinski definition) is 2. The molecule has 6 nitrogen and oxygen atoms in total. The normalized spacial score (nSPS) is 15.7. The molecule has 182 valence electrons. The van der Waals surface area contributed by atoms with E-state index in [0.29, 0.717) is 6.54 Å². The number of hydrogen-bond acceptors (Lipinski definition) is 4. The second-order valence-corrected chi connectivity index (χ2v) is 8.62. The van der Waals surface area contributed by atoms with E-state index in [4.69, 9.17) is 9.73 Å². The first-order valence-corrected chi connectivity index (χ1v) is 11.7. The zero-order valence-electron chi connectivity index (χ0n) is 20.5. The molecular formula is C26H40IN5O. The van der Waals surface area contributed by atoms with Crippen LogP contribution in [0, 0.1) is 6.92 Å². The van der Waals surface area contributed by atoms with Gasteiger partial charge in [0, 0.05) is 32.7 Å². The Hall–Kier alpha value is -1.68. The van der Waals surface area contributed by atoms with Crippen molar-refractivity contribution in [2.45, 2.75) is 33.0 Å². The molecule has 1 unspecified atom stereocenters. The van der Waals surface area contributed by atoms with Crippen molar-refractivity contribution < 1.29 is 4.74 Å². The van der Waals surface area contributed by atoms with Crippen molar-refractivity contribution >= 4 is 29.9 Å². The molecule has 2 aromatic rings. The van der Waals surface area contributed by atoms with Gasteiger partial charge in [0.2, 0.25) is 0 Å². The maximum atomic E-state index is 5.49. The van der Waals surface area contributed by atoms with Crippen LogP contribution in [-0.2, 0) is 17.8 Å². The fourth-order valence-electron chi connectivity index (χ4n) is 3.95. The minimum absolute atomic E-state index is 0. The van der Waals surface area contributed by atoms with Gasteiger partial charge in [0.1, 0.15) is 0 Å². The molecule has 0 aromatic heterocycles. The first kappa shape index (κ1) is 27.6. The average molecular weight is 566 g/mol. The predicted molar refractivity (Wildman–Crippen MR) is 148 cm³/mol. The molecule has 1 aliphatic rings. The number of morpholine rings is 1. The highest BCUT2D eigenvalue weighted by Gasteiger charge is 2.15. The van der Waals surface area contributed by atoms with Crippen molar-refractivity contribution in [3.63, 3.8) is 0 Å². The Morgan fingerprint density at radius 2 is 1.70 bits per heavy atom.